The van der Waals surface area contributed by atoms with Gasteiger partial charge in [-0.3, -0.25) is 9.10 Å². The zero-order valence-electron chi connectivity index (χ0n) is 17.9. The summed E-state index contributed by atoms with van der Waals surface area (Å²) in [5.41, 5.74) is 0.279. The van der Waals surface area contributed by atoms with E-state index < -0.39 is 28.1 Å². The minimum Gasteiger partial charge on any atom is -0.486 e. The molecule has 0 saturated carbocycles. The van der Waals surface area contributed by atoms with Crippen LogP contribution in [0.15, 0.2) is 77.7 Å². The van der Waals surface area contributed by atoms with Gasteiger partial charge >= 0.3 is 0 Å². The van der Waals surface area contributed by atoms with Gasteiger partial charge in [-0.05, 0) is 42.5 Å². The summed E-state index contributed by atoms with van der Waals surface area (Å²) in [6.07, 6.45) is -1.46. The number of halogens is 1. The van der Waals surface area contributed by atoms with Crippen LogP contribution in [0.2, 0.25) is 5.02 Å². The first-order valence-electron chi connectivity index (χ1n) is 10.6. The Labute approximate surface area is 202 Å². The molecule has 34 heavy (non-hydrogen) atoms. The number of nitrogens with zero attached hydrogens (tertiary/aromatic N) is 1. The lowest BCUT2D eigenvalue weighted by Crippen LogP contribution is -2.52. The van der Waals surface area contributed by atoms with Crippen LogP contribution in [0.25, 0.3) is 0 Å². The van der Waals surface area contributed by atoms with Crippen molar-refractivity contribution in [3.8, 4) is 17.2 Å². The Kier molecular flexibility index (Phi) is 5.97. The van der Waals surface area contributed by atoms with Crippen molar-refractivity contribution in [3.05, 3.63) is 77.8 Å². The van der Waals surface area contributed by atoms with E-state index in [0.29, 0.717) is 16.5 Å². The number of ether oxygens (including phenoxy) is 3. The highest BCUT2D eigenvalue weighted by Gasteiger charge is 2.38. The molecule has 2 aliphatic rings. The molecular formula is C24H21ClN2O6S. The SMILES string of the molecule is O=C(NC[C@H]1COc2ccccc2O1)[C@@H]1CN(S(=O)(=O)c2ccccc2)c2cc(Cl)ccc2O1. The minimum atomic E-state index is -3.96. The van der Waals surface area contributed by atoms with Crippen molar-refractivity contribution < 1.29 is 27.4 Å². The fourth-order valence-corrected chi connectivity index (χ4v) is 5.46. The van der Waals surface area contributed by atoms with Crippen molar-refractivity contribution in [2.24, 2.45) is 0 Å². The Morgan fingerprint density at radius 1 is 0.971 bits per heavy atom. The van der Waals surface area contributed by atoms with Gasteiger partial charge in [0.15, 0.2) is 17.6 Å². The second-order valence-electron chi connectivity index (χ2n) is 7.81. The van der Waals surface area contributed by atoms with Gasteiger partial charge in [0.2, 0.25) is 0 Å². The first kappa shape index (κ1) is 22.4. The highest BCUT2D eigenvalue weighted by molar-refractivity contribution is 7.92. The van der Waals surface area contributed by atoms with Crippen molar-refractivity contribution in [2.45, 2.75) is 17.1 Å². The summed E-state index contributed by atoms with van der Waals surface area (Å²) in [5, 5.41) is 3.15. The molecule has 0 spiro atoms. The van der Waals surface area contributed by atoms with Crippen LogP contribution in [0, 0.1) is 0 Å². The van der Waals surface area contributed by atoms with Crippen LogP contribution in [0.1, 0.15) is 0 Å². The number of hydrogen-bond donors (Lipinski definition) is 1. The summed E-state index contributed by atoms with van der Waals surface area (Å²) < 4.78 is 45.4. The highest BCUT2D eigenvalue weighted by Crippen LogP contribution is 2.39. The van der Waals surface area contributed by atoms with Crippen LogP contribution in [0.5, 0.6) is 17.2 Å². The van der Waals surface area contributed by atoms with Crippen molar-refractivity contribution >= 4 is 33.2 Å². The van der Waals surface area contributed by atoms with Crippen LogP contribution < -0.4 is 23.8 Å². The van der Waals surface area contributed by atoms with Gasteiger partial charge in [-0.2, -0.15) is 0 Å². The third-order valence-electron chi connectivity index (χ3n) is 5.49. The summed E-state index contributed by atoms with van der Waals surface area (Å²) in [7, 11) is -3.96. The molecule has 1 N–H and O–H groups in total. The Bertz CT molecular complexity index is 1320. The van der Waals surface area contributed by atoms with E-state index in [1.54, 1.807) is 36.4 Å². The van der Waals surface area contributed by atoms with Gasteiger partial charge in [0, 0.05) is 5.02 Å². The average Bonchev–Trinajstić information content (AvgIpc) is 2.87. The third kappa shape index (κ3) is 4.36. The topological polar surface area (TPSA) is 94.2 Å². The molecular weight excluding hydrogens is 480 g/mol. The second-order valence-corrected chi connectivity index (χ2v) is 10.1. The Morgan fingerprint density at radius 2 is 1.71 bits per heavy atom. The molecule has 0 bridgehead atoms. The number of anilines is 1. The maximum atomic E-state index is 13.4. The summed E-state index contributed by atoms with van der Waals surface area (Å²) in [5.74, 6) is 1.04. The monoisotopic (exact) mass is 500 g/mol. The van der Waals surface area contributed by atoms with Crippen LogP contribution in [-0.2, 0) is 14.8 Å². The number of benzene rings is 3. The number of carbonyl (C=O) groups is 1. The van der Waals surface area contributed by atoms with Gasteiger partial charge < -0.3 is 19.5 Å². The van der Waals surface area contributed by atoms with Crippen molar-refractivity contribution in [3.63, 3.8) is 0 Å². The van der Waals surface area contributed by atoms with Gasteiger partial charge in [0.1, 0.15) is 18.5 Å². The number of fused-ring (bicyclic) bond motifs is 2. The van der Waals surface area contributed by atoms with Crippen LogP contribution in [0.4, 0.5) is 5.69 Å². The third-order valence-corrected chi connectivity index (χ3v) is 7.51. The van der Waals surface area contributed by atoms with Crippen LogP contribution in [0.3, 0.4) is 0 Å². The summed E-state index contributed by atoms with van der Waals surface area (Å²) in [6, 6.07) is 20.0. The molecule has 0 aliphatic carbocycles. The van der Waals surface area contributed by atoms with Gasteiger partial charge in [-0.25, -0.2) is 8.42 Å². The molecule has 0 unspecified atom stereocenters. The first-order chi connectivity index (χ1) is 16.4. The van der Waals surface area contributed by atoms with E-state index in [2.05, 4.69) is 5.32 Å². The number of rotatable bonds is 5. The van der Waals surface area contributed by atoms with E-state index in [4.69, 9.17) is 25.8 Å². The maximum Gasteiger partial charge on any atom is 0.264 e. The predicted molar refractivity (Wildman–Crippen MR) is 126 cm³/mol. The fraction of sp³-hybridized carbons (Fsp3) is 0.208. The molecule has 10 heteroatoms. The molecule has 2 atom stereocenters. The fourth-order valence-electron chi connectivity index (χ4n) is 3.80. The highest BCUT2D eigenvalue weighted by atomic mass is 35.5. The predicted octanol–water partition coefficient (Wildman–Crippen LogP) is 3.25. The number of para-hydroxylation sites is 2. The molecule has 176 valence electrons. The van der Waals surface area contributed by atoms with E-state index in [0.717, 1.165) is 4.31 Å². The zero-order valence-corrected chi connectivity index (χ0v) is 19.5. The molecule has 0 saturated heterocycles. The van der Waals surface area contributed by atoms with Gasteiger partial charge in [-0.1, -0.05) is 41.9 Å². The van der Waals surface area contributed by atoms with E-state index in [1.807, 2.05) is 18.2 Å². The summed E-state index contributed by atoms with van der Waals surface area (Å²) >= 11 is 6.13. The van der Waals surface area contributed by atoms with E-state index >= 15 is 0 Å². The molecule has 3 aromatic carbocycles. The van der Waals surface area contributed by atoms with Crippen molar-refractivity contribution in [2.75, 3.05) is 24.0 Å². The molecule has 0 aromatic heterocycles. The van der Waals surface area contributed by atoms with Gasteiger partial charge in [0.25, 0.3) is 15.9 Å². The number of sulfonamides is 1. The Hall–Kier alpha value is -3.43. The van der Waals surface area contributed by atoms with Gasteiger partial charge in [0.05, 0.1) is 23.7 Å². The Balaban J connectivity index is 1.34. The average molecular weight is 501 g/mol. The number of nitrogens with one attached hydrogen (secondary N) is 1. The smallest absolute Gasteiger partial charge is 0.264 e. The standard InChI is InChI=1S/C24H21ClN2O6S/c25-16-10-11-20-19(12-16)27(34(29,30)18-6-2-1-3-7-18)14-23(33-20)24(28)26-13-17-15-31-21-8-4-5-9-22(21)32-17/h1-12,17,23H,13-15H2,(H,26,28)/t17-,23-/m0/s1. The van der Waals surface area contributed by atoms with Gasteiger partial charge in [-0.15, -0.1) is 0 Å². The molecule has 5 rings (SSSR count). The molecule has 2 heterocycles. The molecule has 8 nitrogen and oxygen atoms in total. The minimum absolute atomic E-state index is 0.105. The second kappa shape index (κ2) is 9.08. The van der Waals surface area contributed by atoms with Crippen LogP contribution >= 0.6 is 11.6 Å². The molecule has 3 aromatic rings. The lowest BCUT2D eigenvalue weighted by atomic mass is 10.2. The lowest BCUT2D eigenvalue weighted by Gasteiger charge is -2.35. The van der Waals surface area contributed by atoms with Crippen molar-refractivity contribution in [1.82, 2.24) is 5.32 Å². The van der Waals surface area contributed by atoms with Crippen molar-refractivity contribution in [1.29, 1.82) is 0 Å². The summed E-state index contributed by atoms with van der Waals surface area (Å²) in [4.78, 5) is 13.1. The normalized spacial score (nSPS) is 19.0. The van der Waals surface area contributed by atoms with E-state index in [1.165, 1.54) is 18.2 Å². The number of carbonyl (C=O) groups excluding carboxylic acids is 1. The lowest BCUT2D eigenvalue weighted by molar-refractivity contribution is -0.128. The molecule has 0 radical (unpaired) electrons. The first-order valence-corrected chi connectivity index (χ1v) is 12.4. The zero-order chi connectivity index (χ0) is 23.7. The molecule has 1 amide bonds. The maximum absolute atomic E-state index is 13.4. The van der Waals surface area contributed by atoms with E-state index in [-0.39, 0.29) is 36.0 Å². The Morgan fingerprint density at radius 3 is 2.50 bits per heavy atom. The summed E-state index contributed by atoms with van der Waals surface area (Å²) in [6.45, 7) is 0.242. The van der Waals surface area contributed by atoms with E-state index in [9.17, 15) is 13.2 Å². The quantitative estimate of drug-likeness (QED) is 0.578. The number of amides is 1. The molecule has 0 fully saturated rings. The largest absolute Gasteiger partial charge is 0.486 e. The molecule has 2 aliphatic heterocycles. The van der Waals surface area contributed by atoms with Crippen LogP contribution in [-0.4, -0.2) is 46.2 Å². The number of hydrogen-bond acceptors (Lipinski definition) is 6.